The fourth-order valence-electron chi connectivity index (χ4n) is 2.10. The highest BCUT2D eigenvalue weighted by Gasteiger charge is 2.03. The number of ether oxygens (including phenoxy) is 1. The number of hydrogen-bond donors (Lipinski definition) is 1. The molecule has 1 N–H and O–H groups in total. The van der Waals surface area contributed by atoms with E-state index in [1.54, 1.807) is 30.3 Å². The molecule has 0 aliphatic rings. The van der Waals surface area contributed by atoms with Gasteiger partial charge in [0, 0.05) is 23.5 Å². The number of allylic oxidation sites excluding steroid dienone is 1. The summed E-state index contributed by atoms with van der Waals surface area (Å²) >= 11 is 0. The van der Waals surface area contributed by atoms with Crippen molar-refractivity contribution in [3.8, 4) is 5.75 Å². The summed E-state index contributed by atoms with van der Waals surface area (Å²) in [4.78, 5) is 12.1. The van der Waals surface area contributed by atoms with E-state index in [0.29, 0.717) is 17.9 Å². The highest BCUT2D eigenvalue weighted by molar-refractivity contribution is 6.04. The number of nitrogens with one attached hydrogen (secondary N) is 1. The summed E-state index contributed by atoms with van der Waals surface area (Å²) in [6, 6.07) is 11.5. The van der Waals surface area contributed by atoms with E-state index in [1.807, 2.05) is 6.92 Å². The highest BCUT2D eigenvalue weighted by atomic mass is 19.1. The van der Waals surface area contributed by atoms with Gasteiger partial charge in [-0.1, -0.05) is 19.4 Å². The van der Waals surface area contributed by atoms with E-state index in [9.17, 15) is 9.18 Å². The third kappa shape index (κ3) is 5.23. The van der Waals surface area contributed by atoms with Gasteiger partial charge in [-0.15, -0.1) is 0 Å². The lowest BCUT2D eigenvalue weighted by Gasteiger charge is -2.06. The van der Waals surface area contributed by atoms with Crippen LogP contribution in [-0.2, 0) is 0 Å². The fraction of sp³-hybridized carbons (Fsp3) is 0.250. The molecule has 3 nitrogen and oxygen atoms in total. The van der Waals surface area contributed by atoms with Gasteiger partial charge in [0.15, 0.2) is 5.78 Å². The average molecular weight is 327 g/mol. The van der Waals surface area contributed by atoms with Crippen molar-refractivity contribution in [3.63, 3.8) is 0 Å². The first kappa shape index (κ1) is 17.7. The average Bonchev–Trinajstić information content (AvgIpc) is 2.58. The van der Waals surface area contributed by atoms with E-state index in [0.717, 1.165) is 24.2 Å². The summed E-state index contributed by atoms with van der Waals surface area (Å²) in [5, 5.41) is 2.93. The first-order chi connectivity index (χ1) is 11.6. The lowest BCUT2D eigenvalue weighted by atomic mass is 10.1. The molecule has 2 aromatic carbocycles. The molecule has 0 aliphatic carbocycles. The van der Waals surface area contributed by atoms with Crippen LogP contribution in [0.4, 0.5) is 10.1 Å². The molecular formula is C20H22FNO2. The molecule has 0 spiro atoms. The van der Waals surface area contributed by atoms with Crippen LogP contribution in [0.25, 0.3) is 0 Å². The van der Waals surface area contributed by atoms with Crippen LogP contribution in [0, 0.1) is 12.7 Å². The van der Waals surface area contributed by atoms with Gasteiger partial charge in [-0.05, 0) is 55.3 Å². The van der Waals surface area contributed by atoms with Crippen LogP contribution in [0.1, 0.15) is 35.7 Å². The van der Waals surface area contributed by atoms with Crippen LogP contribution < -0.4 is 10.1 Å². The Morgan fingerprint density at radius 1 is 1.21 bits per heavy atom. The predicted octanol–water partition coefficient (Wildman–Crippen LogP) is 5.12. The second kappa shape index (κ2) is 8.87. The molecule has 0 amide bonds. The van der Waals surface area contributed by atoms with E-state index in [2.05, 4.69) is 12.2 Å². The molecule has 0 aliphatic heterocycles. The molecule has 0 heterocycles. The van der Waals surface area contributed by atoms with Gasteiger partial charge in [0.25, 0.3) is 0 Å². The number of rotatable bonds is 8. The number of carbonyl (C=O) groups is 1. The van der Waals surface area contributed by atoms with E-state index in [4.69, 9.17) is 4.74 Å². The molecule has 2 aromatic rings. The standard InChI is InChI=1S/C20H22FNO2/c1-3-4-13-24-18-9-6-16(7-10-18)20(23)11-12-22-19-14-17(21)8-5-15(19)2/h5-12,14,22H,3-4,13H2,1-2H3. The van der Waals surface area contributed by atoms with Crippen LogP contribution in [0.3, 0.4) is 0 Å². The van der Waals surface area contributed by atoms with Crippen LogP contribution in [0.5, 0.6) is 5.75 Å². The molecule has 0 aromatic heterocycles. The van der Waals surface area contributed by atoms with E-state index in [-0.39, 0.29) is 11.6 Å². The smallest absolute Gasteiger partial charge is 0.187 e. The lowest BCUT2D eigenvalue weighted by molar-refractivity contribution is 0.104. The minimum Gasteiger partial charge on any atom is -0.494 e. The Balaban J connectivity index is 1.93. The van der Waals surface area contributed by atoms with Crippen LogP contribution >= 0.6 is 0 Å². The largest absolute Gasteiger partial charge is 0.494 e. The zero-order chi connectivity index (χ0) is 17.4. The van der Waals surface area contributed by atoms with Crippen LogP contribution in [0.15, 0.2) is 54.7 Å². The van der Waals surface area contributed by atoms with Gasteiger partial charge in [0.1, 0.15) is 11.6 Å². The molecular weight excluding hydrogens is 305 g/mol. The second-order valence-corrected chi connectivity index (χ2v) is 5.53. The Bertz CT molecular complexity index is 708. The maximum atomic E-state index is 13.2. The van der Waals surface area contributed by atoms with Crippen molar-refractivity contribution < 1.29 is 13.9 Å². The molecule has 0 saturated carbocycles. The van der Waals surface area contributed by atoms with Gasteiger partial charge in [-0.25, -0.2) is 4.39 Å². The third-order valence-electron chi connectivity index (χ3n) is 3.58. The van der Waals surface area contributed by atoms with Crippen molar-refractivity contribution in [1.29, 1.82) is 0 Å². The molecule has 4 heteroatoms. The maximum absolute atomic E-state index is 13.2. The fourth-order valence-corrected chi connectivity index (χ4v) is 2.10. The molecule has 0 bridgehead atoms. The molecule has 0 unspecified atom stereocenters. The van der Waals surface area contributed by atoms with Crippen molar-refractivity contribution in [1.82, 2.24) is 0 Å². The van der Waals surface area contributed by atoms with Gasteiger partial charge >= 0.3 is 0 Å². The number of benzene rings is 2. The third-order valence-corrected chi connectivity index (χ3v) is 3.58. The minimum atomic E-state index is -0.318. The van der Waals surface area contributed by atoms with Crippen molar-refractivity contribution in [2.75, 3.05) is 11.9 Å². The van der Waals surface area contributed by atoms with Crippen molar-refractivity contribution in [3.05, 3.63) is 71.7 Å². The number of unbranched alkanes of at least 4 members (excludes halogenated alkanes) is 1. The van der Waals surface area contributed by atoms with Gasteiger partial charge in [0.05, 0.1) is 6.61 Å². The molecule has 2 rings (SSSR count). The van der Waals surface area contributed by atoms with Gasteiger partial charge in [-0.3, -0.25) is 4.79 Å². The summed E-state index contributed by atoms with van der Waals surface area (Å²) in [7, 11) is 0. The first-order valence-corrected chi connectivity index (χ1v) is 8.06. The zero-order valence-corrected chi connectivity index (χ0v) is 14.0. The molecule has 24 heavy (non-hydrogen) atoms. The van der Waals surface area contributed by atoms with E-state index in [1.165, 1.54) is 24.4 Å². The van der Waals surface area contributed by atoms with Gasteiger partial charge < -0.3 is 10.1 Å². The topological polar surface area (TPSA) is 38.3 Å². The summed E-state index contributed by atoms with van der Waals surface area (Å²) in [6.45, 7) is 4.66. The Morgan fingerprint density at radius 2 is 1.96 bits per heavy atom. The monoisotopic (exact) mass is 327 g/mol. The molecule has 126 valence electrons. The summed E-state index contributed by atoms with van der Waals surface area (Å²) in [6.07, 6.45) is 5.04. The quantitative estimate of drug-likeness (QED) is 0.415. The molecule has 0 radical (unpaired) electrons. The summed E-state index contributed by atoms with van der Waals surface area (Å²) in [5.74, 6) is 0.315. The van der Waals surface area contributed by atoms with Crippen molar-refractivity contribution in [2.24, 2.45) is 0 Å². The van der Waals surface area contributed by atoms with E-state index >= 15 is 0 Å². The first-order valence-electron chi connectivity index (χ1n) is 8.06. The van der Waals surface area contributed by atoms with Crippen LogP contribution in [-0.4, -0.2) is 12.4 Å². The minimum absolute atomic E-state index is 0.128. The molecule has 0 atom stereocenters. The Hall–Kier alpha value is -2.62. The summed E-state index contributed by atoms with van der Waals surface area (Å²) < 4.78 is 18.8. The Morgan fingerprint density at radius 3 is 2.67 bits per heavy atom. The number of hydrogen-bond acceptors (Lipinski definition) is 3. The number of carbonyl (C=O) groups excluding carboxylic acids is 1. The highest BCUT2D eigenvalue weighted by Crippen LogP contribution is 2.16. The molecule has 0 saturated heterocycles. The number of ketones is 1. The second-order valence-electron chi connectivity index (χ2n) is 5.53. The number of halogens is 1. The number of anilines is 1. The van der Waals surface area contributed by atoms with Gasteiger partial charge in [0.2, 0.25) is 0 Å². The normalized spacial score (nSPS) is 10.8. The maximum Gasteiger partial charge on any atom is 0.187 e. The Kier molecular flexibility index (Phi) is 6.55. The number of aryl methyl sites for hydroxylation is 1. The van der Waals surface area contributed by atoms with Crippen LogP contribution in [0.2, 0.25) is 0 Å². The lowest BCUT2D eigenvalue weighted by Crippen LogP contribution is -1.99. The zero-order valence-electron chi connectivity index (χ0n) is 14.0. The summed E-state index contributed by atoms with van der Waals surface area (Å²) in [5.41, 5.74) is 2.12. The Labute approximate surface area is 142 Å². The van der Waals surface area contributed by atoms with E-state index < -0.39 is 0 Å². The van der Waals surface area contributed by atoms with Crippen molar-refractivity contribution in [2.45, 2.75) is 26.7 Å². The van der Waals surface area contributed by atoms with Crippen molar-refractivity contribution >= 4 is 11.5 Å². The molecule has 0 fully saturated rings. The predicted molar refractivity (Wildman–Crippen MR) is 95.1 cm³/mol. The van der Waals surface area contributed by atoms with Gasteiger partial charge in [-0.2, -0.15) is 0 Å². The SMILES string of the molecule is CCCCOc1ccc(C(=O)C=CNc2cc(F)ccc2C)cc1.